The number of ketones is 1. The van der Waals surface area contributed by atoms with Gasteiger partial charge < -0.3 is 0 Å². The number of pyridine rings is 1. The van der Waals surface area contributed by atoms with Gasteiger partial charge in [-0.2, -0.15) is 0 Å². The van der Waals surface area contributed by atoms with E-state index >= 15 is 0 Å². The molecule has 0 saturated heterocycles. The number of benzene rings is 1. The minimum absolute atomic E-state index is 0.124. The Labute approximate surface area is 108 Å². The van der Waals surface area contributed by atoms with Gasteiger partial charge in [0.15, 0.2) is 5.78 Å². The Hall–Kier alpha value is -1.96. The van der Waals surface area contributed by atoms with E-state index in [1.807, 2.05) is 43.3 Å². The molecule has 0 bridgehead atoms. The molecule has 2 heteroatoms. The number of hydrogen-bond acceptors (Lipinski definition) is 2. The number of aromatic nitrogens is 1. The fraction of sp³-hybridized carbons (Fsp3) is 0.250. The summed E-state index contributed by atoms with van der Waals surface area (Å²) in [4.78, 5) is 16.4. The lowest BCUT2D eigenvalue weighted by atomic mass is 10.0. The highest BCUT2D eigenvalue weighted by Crippen LogP contribution is 2.11. The summed E-state index contributed by atoms with van der Waals surface area (Å²) in [6.07, 6.45) is 3.10. The van der Waals surface area contributed by atoms with Crippen LogP contribution in [0.25, 0.3) is 0 Å². The van der Waals surface area contributed by atoms with Crippen LogP contribution in [-0.4, -0.2) is 10.8 Å². The minimum Gasteiger partial charge on any atom is -0.294 e. The first-order valence-corrected chi connectivity index (χ1v) is 6.23. The van der Waals surface area contributed by atoms with Crippen LogP contribution in [0.4, 0.5) is 0 Å². The topological polar surface area (TPSA) is 30.0 Å². The fourth-order valence-electron chi connectivity index (χ4n) is 1.88. The number of hydrogen-bond donors (Lipinski definition) is 0. The van der Waals surface area contributed by atoms with Crippen molar-refractivity contribution in [2.45, 2.75) is 26.7 Å². The maximum Gasteiger partial charge on any atom is 0.168 e. The Balaban J connectivity index is 2.14. The maximum absolute atomic E-state index is 12.1. The number of rotatable bonds is 4. The SMILES string of the molecule is CCc1ccc(C(=O)Cc2ncccc2C)cc1. The molecule has 18 heavy (non-hydrogen) atoms. The van der Waals surface area contributed by atoms with Crippen molar-refractivity contribution in [3.05, 3.63) is 65.0 Å². The number of nitrogens with zero attached hydrogens (tertiary/aromatic N) is 1. The molecule has 0 saturated carbocycles. The van der Waals surface area contributed by atoms with E-state index in [9.17, 15) is 4.79 Å². The van der Waals surface area contributed by atoms with Crippen molar-refractivity contribution in [2.24, 2.45) is 0 Å². The molecule has 0 spiro atoms. The smallest absolute Gasteiger partial charge is 0.168 e. The van der Waals surface area contributed by atoms with Gasteiger partial charge in [0.2, 0.25) is 0 Å². The highest BCUT2D eigenvalue weighted by atomic mass is 16.1. The van der Waals surface area contributed by atoms with E-state index in [-0.39, 0.29) is 5.78 Å². The predicted octanol–water partition coefficient (Wildman–Crippen LogP) is 3.38. The Morgan fingerprint density at radius 3 is 2.50 bits per heavy atom. The largest absolute Gasteiger partial charge is 0.294 e. The first-order chi connectivity index (χ1) is 8.70. The summed E-state index contributed by atoms with van der Waals surface area (Å²) in [5.74, 6) is 0.124. The second-order valence-electron chi connectivity index (χ2n) is 4.42. The molecule has 1 aromatic heterocycles. The molecule has 0 N–H and O–H groups in total. The molecule has 0 aliphatic heterocycles. The fourth-order valence-corrected chi connectivity index (χ4v) is 1.88. The summed E-state index contributed by atoms with van der Waals surface area (Å²) in [6.45, 7) is 4.09. The normalized spacial score (nSPS) is 10.3. The van der Waals surface area contributed by atoms with Gasteiger partial charge in [-0.25, -0.2) is 0 Å². The molecule has 0 radical (unpaired) electrons. The van der Waals surface area contributed by atoms with E-state index in [1.54, 1.807) is 6.20 Å². The van der Waals surface area contributed by atoms with Gasteiger partial charge in [0.05, 0.1) is 12.1 Å². The van der Waals surface area contributed by atoms with Crippen molar-refractivity contribution < 1.29 is 4.79 Å². The summed E-state index contributed by atoms with van der Waals surface area (Å²) in [7, 11) is 0. The monoisotopic (exact) mass is 239 g/mol. The predicted molar refractivity (Wildman–Crippen MR) is 72.8 cm³/mol. The van der Waals surface area contributed by atoms with E-state index in [4.69, 9.17) is 0 Å². The van der Waals surface area contributed by atoms with Crippen molar-refractivity contribution in [1.29, 1.82) is 0 Å². The number of aryl methyl sites for hydroxylation is 2. The molecule has 0 unspecified atom stereocenters. The summed E-state index contributed by atoms with van der Waals surface area (Å²) in [6, 6.07) is 11.7. The first-order valence-electron chi connectivity index (χ1n) is 6.23. The minimum atomic E-state index is 0.124. The molecule has 2 aromatic rings. The molecule has 1 aromatic carbocycles. The molecule has 2 nitrogen and oxygen atoms in total. The lowest BCUT2D eigenvalue weighted by Gasteiger charge is -2.04. The number of carbonyl (C=O) groups excluding carboxylic acids is 1. The molecule has 0 aliphatic rings. The molecule has 0 amide bonds. The van der Waals surface area contributed by atoms with E-state index in [0.29, 0.717) is 6.42 Å². The van der Waals surface area contributed by atoms with Gasteiger partial charge in [-0.05, 0) is 30.5 Å². The summed E-state index contributed by atoms with van der Waals surface area (Å²) < 4.78 is 0. The van der Waals surface area contributed by atoms with Crippen LogP contribution in [0.3, 0.4) is 0 Å². The Bertz CT molecular complexity index is 543. The molecule has 0 fully saturated rings. The van der Waals surface area contributed by atoms with Gasteiger partial charge in [0, 0.05) is 11.8 Å². The van der Waals surface area contributed by atoms with Crippen molar-refractivity contribution in [1.82, 2.24) is 4.98 Å². The van der Waals surface area contributed by atoms with Gasteiger partial charge in [0.1, 0.15) is 0 Å². The van der Waals surface area contributed by atoms with Crippen molar-refractivity contribution >= 4 is 5.78 Å². The van der Waals surface area contributed by atoms with Gasteiger partial charge >= 0.3 is 0 Å². The lowest BCUT2D eigenvalue weighted by Crippen LogP contribution is -2.06. The van der Waals surface area contributed by atoms with Crippen molar-refractivity contribution in [3.8, 4) is 0 Å². The maximum atomic E-state index is 12.1. The quantitative estimate of drug-likeness (QED) is 0.766. The first kappa shape index (κ1) is 12.5. The molecule has 0 aliphatic carbocycles. The third kappa shape index (κ3) is 2.83. The van der Waals surface area contributed by atoms with Crippen LogP contribution in [0.1, 0.15) is 34.1 Å². The molecule has 0 atom stereocenters. The van der Waals surface area contributed by atoms with Crippen LogP contribution in [0, 0.1) is 6.92 Å². The van der Waals surface area contributed by atoms with Gasteiger partial charge in [-0.15, -0.1) is 0 Å². The highest BCUT2D eigenvalue weighted by Gasteiger charge is 2.09. The van der Waals surface area contributed by atoms with Crippen LogP contribution in [-0.2, 0) is 12.8 Å². The van der Waals surface area contributed by atoms with Crippen molar-refractivity contribution in [3.63, 3.8) is 0 Å². The standard InChI is InChI=1S/C16H17NO/c1-3-13-6-8-14(9-7-13)16(18)11-15-12(2)5-4-10-17-15/h4-10H,3,11H2,1-2H3. The Morgan fingerprint density at radius 2 is 1.89 bits per heavy atom. The van der Waals surface area contributed by atoms with Crippen LogP contribution >= 0.6 is 0 Å². The highest BCUT2D eigenvalue weighted by molar-refractivity contribution is 5.97. The second kappa shape index (κ2) is 5.58. The molecule has 1 heterocycles. The number of carbonyl (C=O) groups is 1. The third-order valence-electron chi connectivity index (χ3n) is 3.13. The summed E-state index contributed by atoms with van der Waals surface area (Å²) in [5.41, 5.74) is 3.94. The molecular formula is C16H17NO. The Morgan fingerprint density at radius 1 is 1.17 bits per heavy atom. The van der Waals surface area contributed by atoms with Crippen LogP contribution in [0.15, 0.2) is 42.6 Å². The van der Waals surface area contributed by atoms with Gasteiger partial charge in [-0.3, -0.25) is 9.78 Å². The van der Waals surface area contributed by atoms with Gasteiger partial charge in [0.25, 0.3) is 0 Å². The summed E-state index contributed by atoms with van der Waals surface area (Å²) in [5, 5.41) is 0. The molecular weight excluding hydrogens is 222 g/mol. The van der Waals surface area contributed by atoms with E-state index in [1.165, 1.54) is 5.56 Å². The van der Waals surface area contributed by atoms with Crippen molar-refractivity contribution in [2.75, 3.05) is 0 Å². The number of Topliss-reactive ketones (excluding diaryl/α,β-unsaturated/α-hetero) is 1. The zero-order valence-electron chi connectivity index (χ0n) is 10.8. The van der Waals surface area contributed by atoms with Crippen LogP contribution in [0.5, 0.6) is 0 Å². The van der Waals surface area contributed by atoms with E-state index in [2.05, 4.69) is 11.9 Å². The molecule has 92 valence electrons. The Kier molecular flexibility index (Phi) is 3.88. The third-order valence-corrected chi connectivity index (χ3v) is 3.13. The second-order valence-corrected chi connectivity index (χ2v) is 4.42. The summed E-state index contributed by atoms with van der Waals surface area (Å²) >= 11 is 0. The zero-order valence-corrected chi connectivity index (χ0v) is 10.8. The van der Waals surface area contributed by atoms with E-state index in [0.717, 1.165) is 23.2 Å². The van der Waals surface area contributed by atoms with Crippen LogP contribution < -0.4 is 0 Å². The lowest BCUT2D eigenvalue weighted by molar-refractivity contribution is 0.0991. The van der Waals surface area contributed by atoms with Gasteiger partial charge in [-0.1, -0.05) is 37.3 Å². The van der Waals surface area contributed by atoms with E-state index < -0.39 is 0 Å². The average molecular weight is 239 g/mol. The molecule has 2 rings (SSSR count). The average Bonchev–Trinajstić information content (AvgIpc) is 2.41. The zero-order chi connectivity index (χ0) is 13.0. The van der Waals surface area contributed by atoms with Crippen LogP contribution in [0.2, 0.25) is 0 Å².